The van der Waals surface area contributed by atoms with E-state index in [0.717, 1.165) is 0 Å². The van der Waals surface area contributed by atoms with Crippen LogP contribution < -0.4 is 15.3 Å². The van der Waals surface area contributed by atoms with Crippen LogP contribution in [-0.4, -0.2) is 85.5 Å². The third kappa shape index (κ3) is 12.5. The number of aliphatic hydroxyl groups excluding tert-OH is 1. The van der Waals surface area contributed by atoms with Gasteiger partial charge in [-0.2, -0.15) is 59.0 Å². The van der Waals surface area contributed by atoms with Crippen molar-refractivity contribution >= 4 is 30.7 Å². The number of esters is 1. The third-order valence-electron chi connectivity index (χ3n) is 10.7. The number of alkyl halides is 9. The number of nitrogens with one attached hydrogen (secondary N) is 1. The van der Waals surface area contributed by atoms with Crippen LogP contribution in [0.25, 0.3) is 11.2 Å². The molecule has 2 aromatic carbocycles. The van der Waals surface area contributed by atoms with Crippen LogP contribution in [0, 0.1) is 18.4 Å². The standard InChI is InChI=1S/C42H47F10N6O7P/c1-2-38(31(59)25-32(64-38)58-27-54-33-34(53)55-37(43)56-35(33)58)26-63-66(61,65-29-20-14-11-15-21-29)57-30(24-28-18-12-10-13-19-28)36(60)62-23-17-9-7-5-3-4-6-8-16-22-39(44,45)40(46,47)41(48,49)42(50,51)52/h1,10-15,18-21,27,30-32,59H,3-9,16-17,22-26H2,(H,57,61)(H2,53,55,56)/t30-,31-,32+,38+,66?/m0/s1. The van der Waals surface area contributed by atoms with Gasteiger partial charge < -0.3 is 24.8 Å². The Kier molecular flexibility index (Phi) is 17.1. The molecule has 66 heavy (non-hydrogen) atoms. The van der Waals surface area contributed by atoms with Crippen molar-refractivity contribution in [2.24, 2.45) is 0 Å². The van der Waals surface area contributed by atoms with Crippen LogP contribution in [0.5, 0.6) is 5.75 Å². The van der Waals surface area contributed by atoms with E-state index in [9.17, 15) is 58.4 Å². The molecule has 0 saturated carbocycles. The summed E-state index contributed by atoms with van der Waals surface area (Å²) >= 11 is 0. The number of ether oxygens (including phenoxy) is 2. The van der Waals surface area contributed by atoms with Crippen LogP contribution in [-0.2, 0) is 29.8 Å². The molecule has 4 aromatic rings. The normalized spacial score (nSPS) is 19.6. The van der Waals surface area contributed by atoms with Crippen LogP contribution in [0.15, 0.2) is 67.0 Å². The van der Waals surface area contributed by atoms with Gasteiger partial charge in [-0.25, -0.2) is 9.55 Å². The average Bonchev–Trinajstić information content (AvgIpc) is 3.84. The number of para-hydroxylation sites is 1. The lowest BCUT2D eigenvalue weighted by Gasteiger charge is -2.33. The second kappa shape index (κ2) is 21.7. The summed E-state index contributed by atoms with van der Waals surface area (Å²) in [5.41, 5.74) is 4.49. The number of rotatable bonds is 25. The van der Waals surface area contributed by atoms with Gasteiger partial charge in [0, 0.05) is 12.8 Å². The van der Waals surface area contributed by atoms with Crippen molar-refractivity contribution in [3.8, 4) is 18.1 Å². The molecule has 5 atom stereocenters. The van der Waals surface area contributed by atoms with Gasteiger partial charge in [0.25, 0.3) is 0 Å². The molecule has 1 aliphatic rings. The number of aromatic nitrogens is 4. The van der Waals surface area contributed by atoms with E-state index in [0.29, 0.717) is 44.1 Å². The Bertz CT molecular complexity index is 2310. The molecular weight excluding hydrogens is 921 g/mol. The zero-order valence-corrected chi connectivity index (χ0v) is 35.9. The van der Waals surface area contributed by atoms with Gasteiger partial charge >= 0.3 is 43.7 Å². The fourth-order valence-corrected chi connectivity index (χ4v) is 8.50. The Morgan fingerprint density at radius 3 is 2.12 bits per heavy atom. The summed E-state index contributed by atoms with van der Waals surface area (Å²) in [6.07, 6.45) is -2.70. The van der Waals surface area contributed by atoms with E-state index in [1.54, 1.807) is 48.5 Å². The van der Waals surface area contributed by atoms with Gasteiger partial charge in [0.05, 0.1) is 12.9 Å². The first kappa shape index (κ1) is 52.0. The number of hydrogen-bond acceptors (Lipinski definition) is 11. The minimum atomic E-state index is -6.90. The highest BCUT2D eigenvalue weighted by molar-refractivity contribution is 7.52. The van der Waals surface area contributed by atoms with Crippen LogP contribution in [0.3, 0.4) is 0 Å². The Balaban J connectivity index is 1.14. The summed E-state index contributed by atoms with van der Waals surface area (Å²) in [7, 11) is -4.64. The van der Waals surface area contributed by atoms with Gasteiger partial charge in [-0.3, -0.25) is 13.9 Å². The number of aliphatic hydroxyl groups is 1. The molecule has 362 valence electrons. The van der Waals surface area contributed by atoms with E-state index >= 15 is 0 Å². The summed E-state index contributed by atoms with van der Waals surface area (Å²) < 4.78 is 171. The smallest absolute Gasteiger partial charge is 0.460 e. The first-order chi connectivity index (χ1) is 31.0. The number of nitrogen functional groups attached to an aromatic ring is 1. The van der Waals surface area contributed by atoms with Gasteiger partial charge in [0.2, 0.25) is 0 Å². The first-order valence-corrected chi connectivity index (χ1v) is 22.3. The van der Waals surface area contributed by atoms with Gasteiger partial charge in [-0.05, 0) is 37.0 Å². The van der Waals surface area contributed by atoms with Crippen molar-refractivity contribution in [1.82, 2.24) is 24.6 Å². The van der Waals surface area contributed by atoms with Gasteiger partial charge in [0.15, 0.2) is 22.6 Å². The number of carbonyl (C=O) groups is 1. The van der Waals surface area contributed by atoms with Crippen LogP contribution >= 0.6 is 7.75 Å². The summed E-state index contributed by atoms with van der Waals surface area (Å²) in [5, 5.41) is 13.9. The number of nitrogens with zero attached hydrogens (tertiary/aromatic N) is 4. The summed E-state index contributed by atoms with van der Waals surface area (Å²) in [6, 6.07) is 15.1. The van der Waals surface area contributed by atoms with E-state index in [-0.39, 0.29) is 55.0 Å². The molecule has 0 bridgehead atoms. The Morgan fingerprint density at radius 1 is 0.924 bits per heavy atom. The van der Waals surface area contributed by atoms with Gasteiger partial charge in [-0.1, -0.05) is 99.4 Å². The number of nitrogens with two attached hydrogens (primary N) is 1. The summed E-state index contributed by atoms with van der Waals surface area (Å²) in [5.74, 6) is -17.7. The number of carbonyl (C=O) groups excluding carboxylic acids is 1. The number of hydrogen-bond donors (Lipinski definition) is 3. The summed E-state index contributed by atoms with van der Waals surface area (Å²) in [6.45, 7) is -0.807. The highest BCUT2D eigenvalue weighted by Crippen LogP contribution is 2.54. The molecular formula is C42H47F10N6O7P. The molecule has 4 N–H and O–H groups in total. The highest BCUT2D eigenvalue weighted by Gasteiger charge is 2.81. The number of halogens is 10. The van der Waals surface area contributed by atoms with E-state index in [1.165, 1.54) is 23.0 Å². The molecule has 13 nitrogen and oxygen atoms in total. The fourth-order valence-electron chi connectivity index (χ4n) is 6.98. The van der Waals surface area contributed by atoms with E-state index in [2.05, 4.69) is 26.0 Å². The molecule has 1 saturated heterocycles. The second-order valence-corrected chi connectivity index (χ2v) is 17.3. The van der Waals surface area contributed by atoms with Crippen molar-refractivity contribution < 1.29 is 76.9 Å². The molecule has 1 fully saturated rings. The van der Waals surface area contributed by atoms with E-state index in [4.69, 9.17) is 30.7 Å². The second-order valence-electron chi connectivity index (χ2n) is 15.6. The zero-order valence-electron chi connectivity index (χ0n) is 35.0. The lowest BCUT2D eigenvalue weighted by atomic mass is 9.97. The zero-order chi connectivity index (χ0) is 48.4. The fraction of sp³-hybridized carbons (Fsp3) is 0.524. The van der Waals surface area contributed by atoms with Crippen molar-refractivity contribution in [2.45, 2.75) is 125 Å². The monoisotopic (exact) mass is 968 g/mol. The Labute approximate surface area is 372 Å². The number of benzene rings is 2. The maximum atomic E-state index is 14.7. The van der Waals surface area contributed by atoms with E-state index in [1.807, 2.05) is 0 Å². The molecule has 5 rings (SSSR count). The van der Waals surface area contributed by atoms with Crippen molar-refractivity contribution in [3.05, 3.63) is 78.6 Å². The van der Waals surface area contributed by atoms with Crippen LogP contribution in [0.2, 0.25) is 0 Å². The molecule has 0 amide bonds. The molecule has 3 heterocycles. The average molecular weight is 969 g/mol. The predicted octanol–water partition coefficient (Wildman–Crippen LogP) is 9.52. The quantitative estimate of drug-likeness (QED) is 0.0144. The molecule has 0 radical (unpaired) electrons. The predicted molar refractivity (Wildman–Crippen MR) is 218 cm³/mol. The lowest BCUT2D eigenvalue weighted by molar-refractivity contribution is -0.396. The van der Waals surface area contributed by atoms with Crippen LogP contribution in [0.4, 0.5) is 49.7 Å². The Hall–Kier alpha value is -5.01. The highest BCUT2D eigenvalue weighted by atomic mass is 31.2. The molecule has 0 spiro atoms. The van der Waals surface area contributed by atoms with Crippen LogP contribution in [0.1, 0.15) is 82.4 Å². The molecule has 1 aliphatic heterocycles. The van der Waals surface area contributed by atoms with Crippen molar-refractivity contribution in [2.75, 3.05) is 18.9 Å². The van der Waals surface area contributed by atoms with Crippen molar-refractivity contribution in [3.63, 3.8) is 0 Å². The largest absolute Gasteiger partial charge is 0.465 e. The third-order valence-corrected chi connectivity index (χ3v) is 12.2. The van der Waals surface area contributed by atoms with E-state index < -0.39 is 87.2 Å². The Morgan fingerprint density at radius 2 is 1.52 bits per heavy atom. The SMILES string of the molecule is C#C[C@]1(COP(=O)(N[C@@H](Cc2ccccc2)C(=O)OCCCCCCCCCCCC(F)(F)C(F)(F)C(F)(F)C(F)(F)F)Oc2ccccc2)O[C@@H](n2cnc3c(N)nc(F)nc32)C[C@@H]1O. The van der Waals surface area contributed by atoms with Gasteiger partial charge in [-0.15, -0.1) is 6.42 Å². The number of imidazole rings is 1. The minimum absolute atomic E-state index is 0.0443. The van der Waals surface area contributed by atoms with Gasteiger partial charge in [0.1, 0.15) is 30.7 Å². The molecule has 1 unspecified atom stereocenters. The number of unbranched alkanes of at least 4 members (excludes halogenated alkanes) is 8. The number of terminal acetylenes is 1. The first-order valence-electron chi connectivity index (χ1n) is 20.7. The molecule has 24 heteroatoms. The lowest BCUT2D eigenvalue weighted by Crippen LogP contribution is -2.60. The number of anilines is 1. The minimum Gasteiger partial charge on any atom is -0.465 e. The summed E-state index contributed by atoms with van der Waals surface area (Å²) in [4.78, 5) is 25.0. The number of fused-ring (bicyclic) bond motifs is 1. The molecule has 2 aromatic heterocycles. The van der Waals surface area contributed by atoms with Crippen molar-refractivity contribution in [1.29, 1.82) is 0 Å². The molecule has 0 aliphatic carbocycles. The maximum absolute atomic E-state index is 14.7. The maximum Gasteiger partial charge on any atom is 0.460 e. The topological polar surface area (TPSA) is 173 Å².